The van der Waals surface area contributed by atoms with Crippen LogP contribution in [0.5, 0.6) is 0 Å². The molecule has 7 heteroatoms. The van der Waals surface area contributed by atoms with Crippen molar-refractivity contribution < 1.29 is 4.79 Å². The number of benzene rings is 1. The van der Waals surface area contributed by atoms with Crippen LogP contribution in [0.25, 0.3) is 5.82 Å². The average molecular weight is 467 g/mol. The molecule has 32 heavy (non-hydrogen) atoms. The normalized spacial score (nSPS) is 25.4. The van der Waals surface area contributed by atoms with Crippen LogP contribution < -0.4 is 5.32 Å². The molecule has 4 aliphatic rings. The minimum absolute atomic E-state index is 0.150. The predicted molar refractivity (Wildman–Crippen MR) is 125 cm³/mol. The summed E-state index contributed by atoms with van der Waals surface area (Å²) in [7, 11) is 0. The minimum atomic E-state index is -0.150. The van der Waals surface area contributed by atoms with Crippen LogP contribution in [0.1, 0.15) is 71.2 Å². The highest BCUT2D eigenvalue weighted by atomic mass is 35.5. The monoisotopic (exact) mass is 466 g/mol. The maximum atomic E-state index is 13.4. The Kier molecular flexibility index (Phi) is 4.99. The van der Waals surface area contributed by atoms with Crippen molar-refractivity contribution in [3.8, 4) is 5.82 Å². The molecule has 2 aromatic heterocycles. The SMILES string of the molecule is O=C(NCc1ccccc1Cl)c1nn(-c2cccc(Cl)n2)c2c1C1CC3CC(C1)CC2C3. The molecule has 4 bridgehead atoms. The number of carbonyl (C=O) groups is 1. The number of halogens is 2. The first-order chi connectivity index (χ1) is 15.6. The van der Waals surface area contributed by atoms with E-state index in [0.29, 0.717) is 40.1 Å². The summed E-state index contributed by atoms with van der Waals surface area (Å²) in [4.78, 5) is 18.0. The van der Waals surface area contributed by atoms with Gasteiger partial charge in [0.15, 0.2) is 11.5 Å². The van der Waals surface area contributed by atoms with Gasteiger partial charge in [-0.3, -0.25) is 4.79 Å². The standard InChI is InChI=1S/C25H24Cl2N4O/c26-19-5-2-1-4-16(19)13-28-25(32)23-22-17-9-14-8-15(10-17)12-18(11-14)24(22)31(30-23)21-7-3-6-20(27)29-21/h1-7,14-15,17-18H,8-13H2,(H,28,32). The van der Waals surface area contributed by atoms with Crippen LogP contribution in [-0.2, 0) is 6.54 Å². The van der Waals surface area contributed by atoms with Gasteiger partial charge in [-0.15, -0.1) is 0 Å². The lowest BCUT2D eigenvalue weighted by Crippen LogP contribution is -2.28. The van der Waals surface area contributed by atoms with Gasteiger partial charge in [-0.05, 0) is 73.6 Å². The highest BCUT2D eigenvalue weighted by molar-refractivity contribution is 6.31. The number of pyridine rings is 1. The Hall–Kier alpha value is -2.37. The predicted octanol–water partition coefficient (Wildman–Crippen LogP) is 5.90. The smallest absolute Gasteiger partial charge is 0.272 e. The fourth-order valence-corrected chi connectivity index (χ4v) is 6.67. The molecule has 7 rings (SSSR count). The molecule has 0 radical (unpaired) electrons. The van der Waals surface area contributed by atoms with E-state index in [1.165, 1.54) is 25.0 Å². The number of hydrogen-bond donors (Lipinski definition) is 1. The van der Waals surface area contributed by atoms with E-state index in [0.717, 1.165) is 35.8 Å². The van der Waals surface area contributed by atoms with E-state index in [9.17, 15) is 4.79 Å². The summed E-state index contributed by atoms with van der Waals surface area (Å²) in [5.74, 6) is 2.81. The van der Waals surface area contributed by atoms with E-state index < -0.39 is 0 Å². The van der Waals surface area contributed by atoms with Gasteiger partial charge in [0, 0.05) is 23.0 Å². The van der Waals surface area contributed by atoms with Gasteiger partial charge in [0.2, 0.25) is 0 Å². The second kappa shape index (κ2) is 7.89. The van der Waals surface area contributed by atoms with Crippen molar-refractivity contribution in [2.45, 2.75) is 50.5 Å². The summed E-state index contributed by atoms with van der Waals surface area (Å²) in [5, 5.41) is 8.99. The highest BCUT2D eigenvalue weighted by Crippen LogP contribution is 2.57. The largest absolute Gasteiger partial charge is 0.346 e. The second-order valence-corrected chi connectivity index (χ2v) is 10.3. The molecule has 5 nitrogen and oxygen atoms in total. The van der Waals surface area contributed by atoms with E-state index in [-0.39, 0.29) is 5.91 Å². The Morgan fingerprint density at radius 3 is 2.47 bits per heavy atom. The van der Waals surface area contributed by atoms with Crippen LogP contribution in [0.3, 0.4) is 0 Å². The molecule has 2 atom stereocenters. The average Bonchev–Trinajstić information content (AvgIpc) is 3.10. The second-order valence-electron chi connectivity index (χ2n) is 9.46. The lowest BCUT2D eigenvalue weighted by Gasteiger charge is -2.38. The van der Waals surface area contributed by atoms with E-state index in [1.54, 1.807) is 6.07 Å². The van der Waals surface area contributed by atoms with E-state index in [1.807, 2.05) is 41.1 Å². The van der Waals surface area contributed by atoms with Gasteiger partial charge in [0.05, 0.1) is 5.69 Å². The summed E-state index contributed by atoms with van der Waals surface area (Å²) < 4.78 is 1.90. The van der Waals surface area contributed by atoms with Gasteiger partial charge in [0.25, 0.3) is 5.91 Å². The molecule has 4 aliphatic carbocycles. The molecule has 2 unspecified atom stereocenters. The van der Waals surface area contributed by atoms with Gasteiger partial charge < -0.3 is 5.32 Å². The molecule has 0 spiro atoms. The van der Waals surface area contributed by atoms with Crippen LogP contribution in [-0.4, -0.2) is 20.7 Å². The summed E-state index contributed by atoms with van der Waals surface area (Å²) in [5.41, 5.74) is 3.74. The van der Waals surface area contributed by atoms with E-state index >= 15 is 0 Å². The molecular formula is C25H24Cl2N4O. The fourth-order valence-electron chi connectivity index (χ4n) is 6.31. The number of rotatable bonds is 4. The highest BCUT2D eigenvalue weighted by Gasteiger charge is 2.46. The van der Waals surface area contributed by atoms with Crippen molar-refractivity contribution in [1.29, 1.82) is 0 Å². The molecule has 0 saturated heterocycles. The van der Waals surface area contributed by atoms with Crippen molar-refractivity contribution in [3.63, 3.8) is 0 Å². The van der Waals surface area contributed by atoms with Crippen molar-refractivity contribution in [1.82, 2.24) is 20.1 Å². The van der Waals surface area contributed by atoms with Crippen molar-refractivity contribution >= 4 is 29.1 Å². The fraction of sp³-hybridized carbons (Fsp3) is 0.400. The molecule has 0 aliphatic heterocycles. The first-order valence-electron chi connectivity index (χ1n) is 11.3. The van der Waals surface area contributed by atoms with Gasteiger partial charge in [0.1, 0.15) is 5.15 Å². The Bertz CT molecular complexity index is 1190. The summed E-state index contributed by atoms with van der Waals surface area (Å²) in [6.45, 7) is 0.370. The maximum Gasteiger partial charge on any atom is 0.272 e. The summed E-state index contributed by atoms with van der Waals surface area (Å²) in [6, 6.07) is 13.1. The molecule has 1 amide bonds. The van der Waals surface area contributed by atoms with Crippen LogP contribution >= 0.6 is 23.2 Å². The van der Waals surface area contributed by atoms with Gasteiger partial charge >= 0.3 is 0 Å². The van der Waals surface area contributed by atoms with Crippen molar-refractivity contribution in [2.75, 3.05) is 0 Å². The quantitative estimate of drug-likeness (QED) is 0.487. The topological polar surface area (TPSA) is 59.8 Å². The van der Waals surface area contributed by atoms with Gasteiger partial charge in [-0.25, -0.2) is 9.67 Å². The number of nitrogens with zero attached hydrogens (tertiary/aromatic N) is 3. The molecule has 1 N–H and O–H groups in total. The molecule has 3 aromatic rings. The number of nitrogens with one attached hydrogen (secondary N) is 1. The van der Waals surface area contributed by atoms with Crippen LogP contribution in [0.4, 0.5) is 0 Å². The number of amides is 1. The zero-order valence-electron chi connectivity index (χ0n) is 17.6. The van der Waals surface area contributed by atoms with Crippen molar-refractivity contribution in [3.05, 3.63) is 75.2 Å². The molecule has 1 aromatic carbocycles. The zero-order valence-corrected chi connectivity index (χ0v) is 19.1. The zero-order chi connectivity index (χ0) is 21.8. The Labute approximate surface area is 197 Å². The van der Waals surface area contributed by atoms with Gasteiger partial charge in [-0.2, -0.15) is 5.10 Å². The van der Waals surface area contributed by atoms with Crippen molar-refractivity contribution in [2.24, 2.45) is 11.8 Å². The maximum absolute atomic E-state index is 13.4. The molecule has 2 saturated carbocycles. The minimum Gasteiger partial charge on any atom is -0.346 e. The Morgan fingerprint density at radius 2 is 1.72 bits per heavy atom. The first kappa shape index (κ1) is 20.3. The third-order valence-corrected chi connectivity index (χ3v) is 8.00. The van der Waals surface area contributed by atoms with Gasteiger partial charge in [-0.1, -0.05) is 47.5 Å². The van der Waals surface area contributed by atoms with E-state index in [2.05, 4.69) is 10.3 Å². The number of carbonyl (C=O) groups excluding carboxylic acids is 1. The lowest BCUT2D eigenvalue weighted by atomic mass is 9.67. The van der Waals surface area contributed by atoms with Crippen LogP contribution in [0, 0.1) is 11.8 Å². The lowest BCUT2D eigenvalue weighted by molar-refractivity contribution is 0.0942. The number of aromatic nitrogens is 3. The van der Waals surface area contributed by atoms with Crippen LogP contribution in [0.2, 0.25) is 10.2 Å². The third-order valence-electron chi connectivity index (χ3n) is 7.42. The first-order valence-corrected chi connectivity index (χ1v) is 12.1. The Morgan fingerprint density at radius 1 is 0.969 bits per heavy atom. The molecule has 164 valence electrons. The molecule has 2 fully saturated rings. The van der Waals surface area contributed by atoms with E-state index in [4.69, 9.17) is 28.3 Å². The Balaban J connectivity index is 1.43. The third kappa shape index (κ3) is 3.43. The number of hydrogen-bond acceptors (Lipinski definition) is 3. The molecular weight excluding hydrogens is 443 g/mol. The molecule has 2 heterocycles. The summed E-state index contributed by atoms with van der Waals surface area (Å²) >= 11 is 12.5. The summed E-state index contributed by atoms with van der Waals surface area (Å²) in [6.07, 6.45) is 5.98. The van der Waals surface area contributed by atoms with Crippen LogP contribution in [0.15, 0.2) is 42.5 Å².